The van der Waals surface area contributed by atoms with Gasteiger partial charge in [-0.2, -0.15) is 0 Å². The molecule has 0 aromatic rings. The van der Waals surface area contributed by atoms with Crippen LogP contribution < -0.4 is 11.1 Å². The highest BCUT2D eigenvalue weighted by molar-refractivity contribution is 5.86. The Morgan fingerprint density at radius 1 is 1.11 bits per heavy atom. The molecule has 0 spiro atoms. The second kappa shape index (κ2) is 8.57. The van der Waals surface area contributed by atoms with Crippen LogP contribution in [0, 0.1) is 5.92 Å². The fourth-order valence-corrected chi connectivity index (χ4v) is 2.52. The molecule has 112 valence electrons. The molecule has 1 amide bonds. The van der Waals surface area contributed by atoms with Gasteiger partial charge in [0.25, 0.3) is 0 Å². The molecule has 1 rings (SSSR count). The zero-order chi connectivity index (χ0) is 14.1. The Kier molecular flexibility index (Phi) is 7.44. The van der Waals surface area contributed by atoms with E-state index in [-0.39, 0.29) is 5.91 Å². The maximum Gasteiger partial charge on any atom is 0.240 e. The van der Waals surface area contributed by atoms with Crippen molar-refractivity contribution in [3.05, 3.63) is 0 Å². The van der Waals surface area contributed by atoms with Crippen molar-refractivity contribution in [1.29, 1.82) is 0 Å². The third-order valence-electron chi connectivity index (χ3n) is 4.23. The van der Waals surface area contributed by atoms with Crippen LogP contribution >= 0.6 is 0 Å². The number of amides is 1. The molecule has 0 radical (unpaired) electrons. The highest BCUT2D eigenvalue weighted by Crippen LogP contribution is 2.38. The predicted octanol–water partition coefficient (Wildman–Crippen LogP) is 3.37. The zero-order valence-corrected chi connectivity index (χ0v) is 12.8. The molecule has 0 aromatic carbocycles. The van der Waals surface area contributed by atoms with Gasteiger partial charge >= 0.3 is 0 Å². The molecule has 19 heavy (non-hydrogen) atoms. The van der Waals surface area contributed by atoms with Crippen molar-refractivity contribution in [1.82, 2.24) is 5.32 Å². The molecule has 3 nitrogen and oxygen atoms in total. The summed E-state index contributed by atoms with van der Waals surface area (Å²) in [5, 5.41) is 2.99. The lowest BCUT2D eigenvalue weighted by molar-refractivity contribution is -0.126. The maximum absolute atomic E-state index is 11.9. The normalized spacial score (nSPS) is 18.1. The van der Waals surface area contributed by atoms with Gasteiger partial charge in [0.1, 0.15) is 0 Å². The van der Waals surface area contributed by atoms with Gasteiger partial charge < -0.3 is 11.1 Å². The third-order valence-corrected chi connectivity index (χ3v) is 4.23. The first kappa shape index (κ1) is 16.5. The van der Waals surface area contributed by atoms with Gasteiger partial charge in [-0.05, 0) is 32.1 Å². The fraction of sp³-hybridized carbons (Fsp3) is 0.938. The smallest absolute Gasteiger partial charge is 0.240 e. The first-order valence-electron chi connectivity index (χ1n) is 8.16. The summed E-state index contributed by atoms with van der Waals surface area (Å²) in [4.78, 5) is 11.9. The number of nitrogens with one attached hydrogen (secondary N) is 1. The summed E-state index contributed by atoms with van der Waals surface area (Å²) >= 11 is 0. The topological polar surface area (TPSA) is 55.1 Å². The van der Waals surface area contributed by atoms with Crippen molar-refractivity contribution < 1.29 is 4.79 Å². The molecule has 1 unspecified atom stereocenters. The van der Waals surface area contributed by atoms with Crippen LogP contribution in [-0.2, 0) is 4.79 Å². The van der Waals surface area contributed by atoms with E-state index in [4.69, 9.17) is 5.73 Å². The van der Waals surface area contributed by atoms with E-state index in [9.17, 15) is 4.79 Å². The van der Waals surface area contributed by atoms with E-state index in [1.165, 1.54) is 44.9 Å². The van der Waals surface area contributed by atoms with Crippen LogP contribution in [0.15, 0.2) is 0 Å². The van der Waals surface area contributed by atoms with Crippen molar-refractivity contribution in [2.24, 2.45) is 11.7 Å². The van der Waals surface area contributed by atoms with E-state index < -0.39 is 5.54 Å². The monoisotopic (exact) mass is 268 g/mol. The Morgan fingerprint density at radius 2 is 1.63 bits per heavy atom. The molecule has 3 N–H and O–H groups in total. The number of carbonyl (C=O) groups excluding carboxylic acids is 1. The Hall–Kier alpha value is -0.570. The lowest BCUT2D eigenvalue weighted by Gasteiger charge is -2.23. The number of hydrogen-bond acceptors (Lipinski definition) is 2. The quantitative estimate of drug-likeness (QED) is 0.564. The van der Waals surface area contributed by atoms with Gasteiger partial charge in [0, 0.05) is 6.54 Å². The van der Waals surface area contributed by atoms with Gasteiger partial charge in [0.2, 0.25) is 5.91 Å². The van der Waals surface area contributed by atoms with Crippen LogP contribution in [-0.4, -0.2) is 18.0 Å². The largest absolute Gasteiger partial charge is 0.355 e. The minimum Gasteiger partial charge on any atom is -0.355 e. The number of unbranched alkanes of at least 4 members (excludes halogenated alkanes) is 7. The van der Waals surface area contributed by atoms with E-state index >= 15 is 0 Å². The molecule has 1 fully saturated rings. The molecule has 0 aliphatic heterocycles. The average Bonchev–Trinajstić information content (AvgIpc) is 3.21. The average molecular weight is 268 g/mol. The van der Waals surface area contributed by atoms with Gasteiger partial charge in [-0.3, -0.25) is 4.79 Å². The summed E-state index contributed by atoms with van der Waals surface area (Å²) in [5.41, 5.74) is 5.42. The van der Waals surface area contributed by atoms with E-state index in [1.807, 2.05) is 6.92 Å². The molecule has 0 bridgehead atoms. The SMILES string of the molecule is CCCCCCCCCCNC(=O)C(C)(N)C1CC1. The Labute approximate surface area is 118 Å². The van der Waals surface area contributed by atoms with Crippen LogP contribution in [0.4, 0.5) is 0 Å². The van der Waals surface area contributed by atoms with Crippen LogP contribution in [0.3, 0.4) is 0 Å². The summed E-state index contributed by atoms with van der Waals surface area (Å²) in [5.74, 6) is 0.448. The predicted molar refractivity (Wildman–Crippen MR) is 80.9 cm³/mol. The lowest BCUT2D eigenvalue weighted by atomic mass is 9.96. The second-order valence-corrected chi connectivity index (χ2v) is 6.29. The summed E-state index contributed by atoms with van der Waals surface area (Å²) in [6, 6.07) is 0. The molecule has 3 heteroatoms. The van der Waals surface area contributed by atoms with E-state index in [0.29, 0.717) is 5.92 Å². The summed E-state index contributed by atoms with van der Waals surface area (Å²) in [6.45, 7) is 4.90. The third kappa shape index (κ3) is 6.42. The van der Waals surface area contributed by atoms with Gasteiger partial charge in [0.15, 0.2) is 0 Å². The second-order valence-electron chi connectivity index (χ2n) is 6.29. The van der Waals surface area contributed by atoms with E-state index in [0.717, 1.165) is 25.8 Å². The Bertz CT molecular complexity index is 259. The van der Waals surface area contributed by atoms with E-state index in [2.05, 4.69) is 12.2 Å². The van der Waals surface area contributed by atoms with Crippen molar-refractivity contribution in [3.8, 4) is 0 Å². The summed E-state index contributed by atoms with van der Waals surface area (Å²) in [6.07, 6.45) is 12.6. The van der Waals surface area contributed by atoms with Gasteiger partial charge in [-0.25, -0.2) is 0 Å². The van der Waals surface area contributed by atoms with Crippen molar-refractivity contribution in [2.45, 2.75) is 83.6 Å². The number of carbonyl (C=O) groups is 1. The zero-order valence-electron chi connectivity index (χ0n) is 12.8. The van der Waals surface area contributed by atoms with Gasteiger partial charge in [-0.15, -0.1) is 0 Å². The molecule has 1 saturated carbocycles. The number of nitrogens with two attached hydrogens (primary N) is 1. The highest BCUT2D eigenvalue weighted by atomic mass is 16.2. The molecular formula is C16H32N2O. The van der Waals surface area contributed by atoms with Gasteiger partial charge in [0.05, 0.1) is 5.54 Å². The number of hydrogen-bond donors (Lipinski definition) is 2. The van der Waals surface area contributed by atoms with E-state index in [1.54, 1.807) is 0 Å². The van der Waals surface area contributed by atoms with Crippen LogP contribution in [0.1, 0.15) is 78.1 Å². The molecule has 1 aliphatic rings. The molecule has 1 aliphatic carbocycles. The molecule has 0 saturated heterocycles. The lowest BCUT2D eigenvalue weighted by Crippen LogP contribution is -2.53. The van der Waals surface area contributed by atoms with Crippen LogP contribution in [0.5, 0.6) is 0 Å². The standard InChI is InChI=1S/C16H32N2O/c1-3-4-5-6-7-8-9-10-13-18-15(19)16(2,17)14-11-12-14/h14H,3-13,17H2,1-2H3,(H,18,19). The fourth-order valence-electron chi connectivity index (χ4n) is 2.52. The Balaban J connectivity index is 1.91. The van der Waals surface area contributed by atoms with Crippen molar-refractivity contribution >= 4 is 5.91 Å². The van der Waals surface area contributed by atoms with Gasteiger partial charge in [-0.1, -0.05) is 51.9 Å². The molecule has 1 atom stereocenters. The highest BCUT2D eigenvalue weighted by Gasteiger charge is 2.43. The van der Waals surface area contributed by atoms with Crippen LogP contribution in [0.25, 0.3) is 0 Å². The minimum absolute atomic E-state index is 0.0398. The summed E-state index contributed by atoms with van der Waals surface area (Å²) in [7, 11) is 0. The minimum atomic E-state index is -0.639. The molecule has 0 heterocycles. The molecular weight excluding hydrogens is 236 g/mol. The number of rotatable bonds is 11. The van der Waals surface area contributed by atoms with Crippen molar-refractivity contribution in [3.63, 3.8) is 0 Å². The first-order valence-corrected chi connectivity index (χ1v) is 8.16. The van der Waals surface area contributed by atoms with Crippen LogP contribution in [0.2, 0.25) is 0 Å². The molecule has 0 aromatic heterocycles. The summed E-state index contributed by atoms with van der Waals surface area (Å²) < 4.78 is 0. The van der Waals surface area contributed by atoms with Crippen molar-refractivity contribution in [2.75, 3.05) is 6.54 Å². The first-order chi connectivity index (χ1) is 9.09. The Morgan fingerprint density at radius 3 is 2.16 bits per heavy atom. The maximum atomic E-state index is 11.9.